The van der Waals surface area contributed by atoms with Crippen LogP contribution in [0.5, 0.6) is 0 Å². The molecule has 2 nitrogen and oxygen atoms in total. The number of allylic oxidation sites excluding steroid dienone is 2. The zero-order chi connectivity index (χ0) is 9.72. The minimum atomic E-state index is 1.11. The van der Waals surface area contributed by atoms with Crippen molar-refractivity contribution in [3.05, 3.63) is 11.4 Å². The Hall–Kier alpha value is -0.660. The van der Waals surface area contributed by atoms with E-state index in [1.807, 2.05) is 0 Å². The summed E-state index contributed by atoms with van der Waals surface area (Å²) in [5.74, 6) is 0. The predicted octanol–water partition coefficient (Wildman–Crippen LogP) is 2.14. The lowest BCUT2D eigenvalue weighted by Gasteiger charge is -2.25. The Bertz CT molecular complexity index is 139. The topological polar surface area (TPSA) is 6.48 Å². The maximum absolute atomic E-state index is 2.21. The van der Waals surface area contributed by atoms with Crippen LogP contribution >= 0.6 is 0 Å². The zero-order valence-electron chi connectivity index (χ0n) is 9.31. The third kappa shape index (κ3) is 2.76. The lowest BCUT2D eigenvalue weighted by Crippen LogP contribution is -2.20. The van der Waals surface area contributed by atoms with E-state index in [9.17, 15) is 0 Å². The first-order valence-corrected chi connectivity index (χ1v) is 4.61. The normalized spacial score (nSPS) is 12.5. The first-order chi connectivity index (χ1) is 5.54. The van der Waals surface area contributed by atoms with E-state index in [1.165, 1.54) is 11.4 Å². The largest absolute Gasteiger partial charge is 0.380 e. The number of hydrogen-bond acceptors (Lipinski definition) is 2. The molecule has 0 saturated heterocycles. The van der Waals surface area contributed by atoms with Crippen molar-refractivity contribution in [2.75, 3.05) is 28.2 Å². The van der Waals surface area contributed by atoms with Gasteiger partial charge in [0.15, 0.2) is 0 Å². The Morgan fingerprint density at radius 3 is 1.08 bits per heavy atom. The molecule has 0 fully saturated rings. The van der Waals surface area contributed by atoms with Crippen molar-refractivity contribution in [3.63, 3.8) is 0 Å². The summed E-state index contributed by atoms with van der Waals surface area (Å²) in [4.78, 5) is 4.41. The average molecular weight is 170 g/mol. The molecule has 0 radical (unpaired) electrons. The van der Waals surface area contributed by atoms with Gasteiger partial charge in [0, 0.05) is 39.6 Å². The molecule has 72 valence electrons. The van der Waals surface area contributed by atoms with Gasteiger partial charge < -0.3 is 9.80 Å². The first kappa shape index (κ1) is 11.3. The molecule has 0 aliphatic heterocycles. The van der Waals surface area contributed by atoms with Gasteiger partial charge in [-0.15, -0.1) is 0 Å². The fourth-order valence-electron chi connectivity index (χ4n) is 1.56. The molecule has 0 saturated carbocycles. The molecule has 0 aromatic carbocycles. The van der Waals surface area contributed by atoms with Crippen LogP contribution in [0.3, 0.4) is 0 Å². The van der Waals surface area contributed by atoms with E-state index in [0.717, 1.165) is 12.8 Å². The monoisotopic (exact) mass is 170 g/mol. The van der Waals surface area contributed by atoms with Crippen LogP contribution in [-0.4, -0.2) is 38.0 Å². The van der Waals surface area contributed by atoms with Crippen LogP contribution in [0.4, 0.5) is 0 Å². The van der Waals surface area contributed by atoms with Crippen LogP contribution in [0, 0.1) is 0 Å². The van der Waals surface area contributed by atoms with Gasteiger partial charge in [-0.3, -0.25) is 0 Å². The molecular weight excluding hydrogens is 148 g/mol. The molecule has 0 unspecified atom stereocenters. The molecular formula is C10H22N2. The van der Waals surface area contributed by atoms with E-state index in [1.54, 1.807) is 0 Å². The van der Waals surface area contributed by atoms with Gasteiger partial charge >= 0.3 is 0 Å². The van der Waals surface area contributed by atoms with E-state index >= 15 is 0 Å². The van der Waals surface area contributed by atoms with Gasteiger partial charge in [-0.1, -0.05) is 13.8 Å². The highest BCUT2D eigenvalue weighted by Crippen LogP contribution is 2.15. The standard InChI is InChI=1S/C10H22N2/c1-7-9(11(3)4)10(8-2)12(5)6/h7-8H2,1-6H3/b10-9-. The summed E-state index contributed by atoms with van der Waals surface area (Å²) < 4.78 is 0. The van der Waals surface area contributed by atoms with Crippen molar-refractivity contribution in [1.82, 2.24) is 9.80 Å². The molecule has 0 rings (SSSR count). The number of hydrogen-bond donors (Lipinski definition) is 0. The van der Waals surface area contributed by atoms with Crippen molar-refractivity contribution >= 4 is 0 Å². The van der Waals surface area contributed by atoms with Crippen LogP contribution in [0.1, 0.15) is 26.7 Å². The van der Waals surface area contributed by atoms with Crippen LogP contribution in [-0.2, 0) is 0 Å². The highest BCUT2D eigenvalue weighted by molar-refractivity contribution is 5.10. The lowest BCUT2D eigenvalue weighted by atomic mass is 10.2. The highest BCUT2D eigenvalue weighted by Gasteiger charge is 2.06. The fourth-order valence-corrected chi connectivity index (χ4v) is 1.56. The summed E-state index contributed by atoms with van der Waals surface area (Å²) in [6.45, 7) is 4.41. The SMILES string of the molecule is CC/C(=C(\CC)N(C)C)N(C)C. The van der Waals surface area contributed by atoms with Gasteiger partial charge in [-0.2, -0.15) is 0 Å². The Balaban J connectivity index is 4.74. The first-order valence-electron chi connectivity index (χ1n) is 4.61. The van der Waals surface area contributed by atoms with E-state index in [2.05, 4.69) is 51.8 Å². The molecule has 0 N–H and O–H groups in total. The van der Waals surface area contributed by atoms with Gasteiger partial charge in [0.2, 0.25) is 0 Å². The third-order valence-electron chi connectivity index (χ3n) is 2.08. The minimum absolute atomic E-state index is 1.11. The van der Waals surface area contributed by atoms with Crippen molar-refractivity contribution < 1.29 is 0 Å². The Kier molecular flexibility index (Phi) is 4.79. The van der Waals surface area contributed by atoms with Gasteiger partial charge in [-0.05, 0) is 12.8 Å². The summed E-state index contributed by atoms with van der Waals surface area (Å²) in [6, 6.07) is 0. The summed E-state index contributed by atoms with van der Waals surface area (Å²) in [6.07, 6.45) is 2.21. The molecule has 12 heavy (non-hydrogen) atoms. The molecule has 0 aliphatic rings. The van der Waals surface area contributed by atoms with Gasteiger partial charge in [0.05, 0.1) is 0 Å². The Morgan fingerprint density at radius 2 is 1.00 bits per heavy atom. The van der Waals surface area contributed by atoms with Gasteiger partial charge in [0.1, 0.15) is 0 Å². The highest BCUT2D eigenvalue weighted by atomic mass is 15.1. The molecule has 0 aromatic heterocycles. The Morgan fingerprint density at radius 1 is 0.750 bits per heavy atom. The molecule has 0 aromatic rings. The molecule has 0 bridgehead atoms. The second-order valence-corrected chi connectivity index (χ2v) is 3.39. The van der Waals surface area contributed by atoms with Crippen molar-refractivity contribution in [2.45, 2.75) is 26.7 Å². The zero-order valence-corrected chi connectivity index (χ0v) is 9.31. The quantitative estimate of drug-likeness (QED) is 0.638. The lowest BCUT2D eigenvalue weighted by molar-refractivity contribution is 0.418. The fraction of sp³-hybridized carbons (Fsp3) is 0.800. The molecule has 0 amide bonds. The summed E-state index contributed by atoms with van der Waals surface area (Å²) >= 11 is 0. The molecule has 0 heterocycles. The molecule has 0 atom stereocenters. The second-order valence-electron chi connectivity index (χ2n) is 3.39. The summed E-state index contributed by atoms with van der Waals surface area (Å²) in [5, 5.41) is 0. The van der Waals surface area contributed by atoms with E-state index < -0.39 is 0 Å². The van der Waals surface area contributed by atoms with Crippen LogP contribution in [0.15, 0.2) is 11.4 Å². The van der Waals surface area contributed by atoms with Crippen molar-refractivity contribution in [2.24, 2.45) is 0 Å². The van der Waals surface area contributed by atoms with Crippen molar-refractivity contribution in [3.8, 4) is 0 Å². The predicted molar refractivity (Wildman–Crippen MR) is 55.0 cm³/mol. The molecule has 0 spiro atoms. The summed E-state index contributed by atoms with van der Waals surface area (Å²) in [5.41, 5.74) is 2.87. The van der Waals surface area contributed by atoms with Crippen LogP contribution < -0.4 is 0 Å². The van der Waals surface area contributed by atoms with Crippen LogP contribution in [0.2, 0.25) is 0 Å². The number of nitrogens with zero attached hydrogens (tertiary/aromatic N) is 2. The second kappa shape index (κ2) is 5.07. The summed E-state index contributed by atoms with van der Waals surface area (Å²) in [7, 11) is 8.44. The van der Waals surface area contributed by atoms with E-state index in [4.69, 9.17) is 0 Å². The average Bonchev–Trinajstić information content (AvgIpc) is 1.98. The van der Waals surface area contributed by atoms with E-state index in [0.29, 0.717) is 0 Å². The Labute approximate surface area is 76.9 Å². The van der Waals surface area contributed by atoms with Crippen LogP contribution in [0.25, 0.3) is 0 Å². The maximum Gasteiger partial charge on any atom is 0.0319 e. The smallest absolute Gasteiger partial charge is 0.0319 e. The maximum atomic E-state index is 2.21. The van der Waals surface area contributed by atoms with E-state index in [-0.39, 0.29) is 0 Å². The third-order valence-corrected chi connectivity index (χ3v) is 2.08. The van der Waals surface area contributed by atoms with Gasteiger partial charge in [0.25, 0.3) is 0 Å². The minimum Gasteiger partial charge on any atom is -0.380 e. The van der Waals surface area contributed by atoms with Gasteiger partial charge in [-0.25, -0.2) is 0 Å². The molecule has 0 aliphatic carbocycles. The number of rotatable bonds is 4. The van der Waals surface area contributed by atoms with Crippen molar-refractivity contribution in [1.29, 1.82) is 0 Å². The molecule has 2 heteroatoms.